The molecule has 0 aliphatic heterocycles. The van der Waals surface area contributed by atoms with Crippen LogP contribution in [0, 0.1) is 0 Å². The Bertz CT molecular complexity index is 522. The van der Waals surface area contributed by atoms with Crippen molar-refractivity contribution in [2.24, 2.45) is 0 Å². The van der Waals surface area contributed by atoms with Crippen LogP contribution in [0.4, 0.5) is 5.95 Å². The second-order valence-electron chi connectivity index (χ2n) is 4.00. The Hall–Kier alpha value is -1.83. The van der Waals surface area contributed by atoms with E-state index in [0.717, 1.165) is 0 Å². The van der Waals surface area contributed by atoms with E-state index >= 15 is 0 Å². The van der Waals surface area contributed by atoms with Crippen molar-refractivity contribution in [2.75, 3.05) is 25.1 Å². The number of nitrogens with one attached hydrogen (secondary N) is 1. The second-order valence-corrected chi connectivity index (χ2v) is 4.00. The van der Waals surface area contributed by atoms with Gasteiger partial charge in [-0.25, -0.2) is 4.98 Å². The number of hydrogen-bond donors (Lipinski definition) is 4. The lowest BCUT2D eigenvalue weighted by molar-refractivity contribution is 0.0828. The number of hydrogen-bond acceptors (Lipinski definition) is 7. The summed E-state index contributed by atoms with van der Waals surface area (Å²) in [4.78, 5) is 4.19. The van der Waals surface area contributed by atoms with Crippen LogP contribution in [0.2, 0.25) is 0 Å². The van der Waals surface area contributed by atoms with Gasteiger partial charge < -0.3 is 20.6 Å². The van der Waals surface area contributed by atoms with Crippen LogP contribution in [0.5, 0.6) is 0 Å². The third-order valence-corrected chi connectivity index (χ3v) is 2.65. The zero-order valence-corrected chi connectivity index (χ0v) is 9.61. The van der Waals surface area contributed by atoms with Gasteiger partial charge in [-0.3, -0.25) is 0 Å². The molecule has 0 fully saturated rings. The highest BCUT2D eigenvalue weighted by atomic mass is 16.3. The lowest BCUT2D eigenvalue weighted by atomic mass is 10.0. The van der Waals surface area contributed by atoms with E-state index in [9.17, 15) is 15.3 Å². The van der Waals surface area contributed by atoms with Crippen LogP contribution in [-0.2, 0) is 0 Å². The van der Waals surface area contributed by atoms with Gasteiger partial charge in [0, 0.05) is 0 Å². The predicted octanol–water partition coefficient (Wildman–Crippen LogP) is -0.848. The SMILES string of the molecule is OCC(CO)(CO)Nc1nnc2ccccc2n1. The molecule has 0 saturated carbocycles. The molecular weight excluding hydrogens is 236 g/mol. The summed E-state index contributed by atoms with van der Waals surface area (Å²) < 4.78 is 0. The smallest absolute Gasteiger partial charge is 0.243 e. The number of para-hydroxylation sites is 1. The molecule has 2 aromatic rings. The molecule has 0 unspecified atom stereocenters. The van der Waals surface area contributed by atoms with Crippen LogP contribution >= 0.6 is 0 Å². The molecule has 7 heteroatoms. The van der Waals surface area contributed by atoms with Crippen LogP contribution in [-0.4, -0.2) is 55.9 Å². The van der Waals surface area contributed by atoms with Gasteiger partial charge in [-0.05, 0) is 12.1 Å². The van der Waals surface area contributed by atoms with Gasteiger partial charge >= 0.3 is 0 Å². The molecule has 0 radical (unpaired) electrons. The number of anilines is 1. The number of rotatable bonds is 5. The molecule has 0 atom stereocenters. The van der Waals surface area contributed by atoms with Crippen LogP contribution in [0.3, 0.4) is 0 Å². The highest BCUT2D eigenvalue weighted by Crippen LogP contribution is 2.13. The Kier molecular flexibility index (Phi) is 3.66. The molecule has 0 aliphatic rings. The first kappa shape index (κ1) is 12.6. The molecule has 7 nitrogen and oxygen atoms in total. The van der Waals surface area contributed by atoms with E-state index in [1.54, 1.807) is 12.1 Å². The Labute approximate surface area is 103 Å². The van der Waals surface area contributed by atoms with Crippen molar-refractivity contribution >= 4 is 17.0 Å². The zero-order chi connectivity index (χ0) is 13.0. The summed E-state index contributed by atoms with van der Waals surface area (Å²) >= 11 is 0. The maximum Gasteiger partial charge on any atom is 0.243 e. The van der Waals surface area contributed by atoms with Gasteiger partial charge in [0.05, 0.1) is 25.3 Å². The molecule has 18 heavy (non-hydrogen) atoms. The highest BCUT2D eigenvalue weighted by molar-refractivity contribution is 5.74. The van der Waals surface area contributed by atoms with Gasteiger partial charge in [-0.15, -0.1) is 10.2 Å². The standard InChI is InChI=1S/C11H14N4O3/c16-5-11(6-17,7-18)13-10-12-8-3-1-2-4-9(8)14-15-10/h1-4,16-18H,5-7H2,(H,12,13,15). The fraction of sp³-hybridized carbons (Fsp3) is 0.364. The third-order valence-electron chi connectivity index (χ3n) is 2.65. The van der Waals surface area contributed by atoms with E-state index < -0.39 is 25.4 Å². The van der Waals surface area contributed by atoms with Crippen molar-refractivity contribution in [3.05, 3.63) is 24.3 Å². The molecule has 0 bridgehead atoms. The number of fused-ring (bicyclic) bond motifs is 1. The van der Waals surface area contributed by atoms with Gasteiger partial charge in [0.2, 0.25) is 5.95 Å². The van der Waals surface area contributed by atoms with Crippen LogP contribution in [0.1, 0.15) is 0 Å². The molecule has 96 valence electrons. The van der Waals surface area contributed by atoms with Gasteiger partial charge in [0.1, 0.15) is 11.1 Å². The zero-order valence-electron chi connectivity index (χ0n) is 9.61. The number of aliphatic hydroxyl groups excluding tert-OH is 3. The summed E-state index contributed by atoms with van der Waals surface area (Å²) in [6.45, 7) is -1.34. The Morgan fingerprint density at radius 1 is 0.944 bits per heavy atom. The summed E-state index contributed by atoms with van der Waals surface area (Å²) in [5, 5.41) is 38.1. The van der Waals surface area contributed by atoms with Crippen LogP contribution < -0.4 is 5.32 Å². The summed E-state index contributed by atoms with van der Waals surface area (Å²) in [6, 6.07) is 7.19. The number of aromatic nitrogens is 3. The molecular formula is C11H14N4O3. The van der Waals surface area contributed by atoms with E-state index in [1.807, 2.05) is 12.1 Å². The first-order valence-electron chi connectivity index (χ1n) is 5.43. The lowest BCUT2D eigenvalue weighted by Gasteiger charge is -2.28. The first-order chi connectivity index (χ1) is 8.73. The minimum Gasteiger partial charge on any atom is -0.394 e. The van der Waals surface area contributed by atoms with Crippen molar-refractivity contribution in [1.82, 2.24) is 15.2 Å². The highest BCUT2D eigenvalue weighted by Gasteiger charge is 2.28. The predicted molar refractivity (Wildman–Crippen MR) is 64.9 cm³/mol. The summed E-state index contributed by atoms with van der Waals surface area (Å²) in [5.41, 5.74) is 0.0211. The Balaban J connectivity index is 2.31. The second kappa shape index (κ2) is 5.21. The average molecular weight is 250 g/mol. The quantitative estimate of drug-likeness (QED) is 0.547. The van der Waals surface area contributed by atoms with Crippen molar-refractivity contribution in [2.45, 2.75) is 5.54 Å². The maximum atomic E-state index is 9.19. The van der Waals surface area contributed by atoms with E-state index in [-0.39, 0.29) is 5.95 Å². The molecule has 0 spiro atoms. The molecule has 1 aromatic carbocycles. The lowest BCUT2D eigenvalue weighted by Crippen LogP contribution is -2.49. The largest absolute Gasteiger partial charge is 0.394 e. The summed E-state index contributed by atoms with van der Waals surface area (Å²) in [5.74, 6) is 0.144. The van der Waals surface area contributed by atoms with E-state index in [4.69, 9.17) is 0 Å². The van der Waals surface area contributed by atoms with Crippen molar-refractivity contribution in [3.8, 4) is 0 Å². The topological polar surface area (TPSA) is 111 Å². The monoisotopic (exact) mass is 250 g/mol. The number of benzene rings is 1. The minimum absolute atomic E-state index is 0.144. The molecule has 0 amide bonds. The van der Waals surface area contributed by atoms with Crippen LogP contribution in [0.15, 0.2) is 24.3 Å². The fourth-order valence-corrected chi connectivity index (χ4v) is 1.44. The molecule has 1 aromatic heterocycles. The van der Waals surface area contributed by atoms with Gasteiger partial charge in [-0.1, -0.05) is 12.1 Å². The van der Waals surface area contributed by atoms with E-state index in [1.165, 1.54) is 0 Å². The number of aliphatic hydroxyl groups is 3. The van der Waals surface area contributed by atoms with Crippen molar-refractivity contribution < 1.29 is 15.3 Å². The number of nitrogens with zero attached hydrogens (tertiary/aromatic N) is 3. The first-order valence-corrected chi connectivity index (χ1v) is 5.43. The molecule has 4 N–H and O–H groups in total. The minimum atomic E-state index is -1.26. The maximum absolute atomic E-state index is 9.19. The van der Waals surface area contributed by atoms with Crippen molar-refractivity contribution in [3.63, 3.8) is 0 Å². The average Bonchev–Trinajstić information content (AvgIpc) is 2.45. The molecule has 2 rings (SSSR count). The van der Waals surface area contributed by atoms with Gasteiger partial charge in [0.15, 0.2) is 0 Å². The molecule has 0 aliphatic carbocycles. The van der Waals surface area contributed by atoms with Gasteiger partial charge in [-0.2, -0.15) is 0 Å². The normalized spacial score (nSPS) is 11.7. The molecule has 1 heterocycles. The Morgan fingerprint density at radius 3 is 2.17 bits per heavy atom. The summed E-state index contributed by atoms with van der Waals surface area (Å²) in [7, 11) is 0. The molecule has 0 saturated heterocycles. The fourth-order valence-electron chi connectivity index (χ4n) is 1.44. The summed E-state index contributed by atoms with van der Waals surface area (Å²) in [6.07, 6.45) is 0. The third kappa shape index (κ3) is 2.37. The van der Waals surface area contributed by atoms with E-state index in [2.05, 4.69) is 20.5 Å². The van der Waals surface area contributed by atoms with E-state index in [0.29, 0.717) is 11.0 Å². The van der Waals surface area contributed by atoms with Gasteiger partial charge in [0.25, 0.3) is 0 Å². The Morgan fingerprint density at radius 2 is 1.56 bits per heavy atom. The van der Waals surface area contributed by atoms with Crippen molar-refractivity contribution in [1.29, 1.82) is 0 Å². The van der Waals surface area contributed by atoms with Crippen LogP contribution in [0.25, 0.3) is 11.0 Å².